The van der Waals surface area contributed by atoms with E-state index in [1.54, 1.807) is 7.11 Å². The number of hydrogen-bond acceptors (Lipinski definition) is 10. The maximum Gasteiger partial charge on any atom is 0.192 e. The quantitative estimate of drug-likeness (QED) is 0.497. The molecule has 0 aliphatic carbocycles. The molecule has 0 saturated carbocycles. The van der Waals surface area contributed by atoms with Gasteiger partial charge in [0.25, 0.3) is 0 Å². The highest BCUT2D eigenvalue weighted by molar-refractivity contribution is 6.74. The standard InChI is InChI=1S/C29H46O10Si/c1-16-20(23-24(27(31-7)33-16)38-29(5,6)37-23)35-26-19(30)22(39-40(8,9)28(2,3)4)21-18(34-26)15-32-25(36-21)17-13-11-10-12-14-17/h10-14,16,18-27,30H,15H2,1-9H3/t16-,18+,19-,20-,21+,22+,23+,24+,25+,26-,27+/m0/s1. The Morgan fingerprint density at radius 2 is 1.60 bits per heavy atom. The van der Waals surface area contributed by atoms with Crippen molar-refractivity contribution in [2.45, 2.75) is 133 Å². The van der Waals surface area contributed by atoms with E-state index in [9.17, 15) is 5.11 Å². The zero-order chi connectivity index (χ0) is 29.0. The second-order valence-corrected chi connectivity index (χ2v) is 17.9. The first-order valence-corrected chi connectivity index (χ1v) is 17.1. The van der Waals surface area contributed by atoms with Crippen LogP contribution < -0.4 is 0 Å². The summed E-state index contributed by atoms with van der Waals surface area (Å²) in [5.41, 5.74) is 0.896. The first-order chi connectivity index (χ1) is 18.7. The molecule has 0 radical (unpaired) electrons. The Kier molecular flexibility index (Phi) is 8.59. The number of aliphatic hydroxyl groups is 1. The minimum atomic E-state index is -2.34. The van der Waals surface area contributed by atoms with Gasteiger partial charge in [0.05, 0.1) is 12.7 Å². The Bertz CT molecular complexity index is 1000. The Morgan fingerprint density at radius 3 is 2.25 bits per heavy atom. The van der Waals surface area contributed by atoms with Gasteiger partial charge in [-0.1, -0.05) is 51.1 Å². The van der Waals surface area contributed by atoms with Gasteiger partial charge in [0.15, 0.2) is 33.0 Å². The van der Waals surface area contributed by atoms with Gasteiger partial charge >= 0.3 is 0 Å². The number of benzene rings is 1. The molecule has 226 valence electrons. The number of aliphatic hydroxyl groups excluding tert-OH is 1. The van der Waals surface area contributed by atoms with Crippen LogP contribution in [0.4, 0.5) is 0 Å². The summed E-state index contributed by atoms with van der Waals surface area (Å²) >= 11 is 0. The molecule has 11 atom stereocenters. The fourth-order valence-corrected chi connectivity index (χ4v) is 6.86. The summed E-state index contributed by atoms with van der Waals surface area (Å²) in [7, 11) is -0.763. The van der Waals surface area contributed by atoms with Crippen molar-refractivity contribution in [3.8, 4) is 0 Å². The Balaban J connectivity index is 1.40. The lowest BCUT2D eigenvalue weighted by Gasteiger charge is -2.52. The summed E-state index contributed by atoms with van der Waals surface area (Å²) in [6, 6.07) is 9.75. The molecule has 5 rings (SSSR count). The third-order valence-corrected chi connectivity index (χ3v) is 13.2. The summed E-state index contributed by atoms with van der Waals surface area (Å²) in [5, 5.41) is 11.7. The highest BCUT2D eigenvalue weighted by Gasteiger charge is 2.58. The average Bonchev–Trinajstić information content (AvgIpc) is 3.22. The second-order valence-electron chi connectivity index (χ2n) is 13.2. The van der Waals surface area contributed by atoms with Crippen LogP contribution in [0.25, 0.3) is 0 Å². The van der Waals surface area contributed by atoms with Crippen molar-refractivity contribution < 1.29 is 47.4 Å². The summed E-state index contributed by atoms with van der Waals surface area (Å²) in [6.45, 7) is 16.7. The van der Waals surface area contributed by atoms with E-state index in [4.69, 9.17) is 42.3 Å². The Morgan fingerprint density at radius 1 is 0.925 bits per heavy atom. The van der Waals surface area contributed by atoms with Gasteiger partial charge in [-0.05, 0) is 38.9 Å². The van der Waals surface area contributed by atoms with E-state index in [0.29, 0.717) is 0 Å². The van der Waals surface area contributed by atoms with Crippen LogP contribution in [0.2, 0.25) is 18.1 Å². The molecule has 1 N–H and O–H groups in total. The van der Waals surface area contributed by atoms with Gasteiger partial charge in [-0.25, -0.2) is 0 Å². The third-order valence-electron chi connectivity index (χ3n) is 8.71. The average molecular weight is 583 g/mol. The van der Waals surface area contributed by atoms with Crippen molar-refractivity contribution in [1.82, 2.24) is 0 Å². The molecular formula is C29H46O10Si. The SMILES string of the molecule is CO[C@@H]1O[C@@H](C)[C@H](O[C@@H]2O[C@@H]3CO[C@@H](c4ccccc4)O[C@H]3[C@H](O[Si](C)(C)C(C)(C)C)[C@@H]2O)[C@H]2OC(C)(C)O[C@@H]12. The van der Waals surface area contributed by atoms with Crippen molar-refractivity contribution in [3.05, 3.63) is 35.9 Å². The maximum atomic E-state index is 11.8. The lowest BCUT2D eigenvalue weighted by atomic mass is 9.96. The molecule has 0 amide bonds. The van der Waals surface area contributed by atoms with Crippen molar-refractivity contribution >= 4 is 8.32 Å². The molecule has 40 heavy (non-hydrogen) atoms. The molecule has 4 fully saturated rings. The molecule has 4 heterocycles. The van der Waals surface area contributed by atoms with Gasteiger partial charge in [-0.15, -0.1) is 0 Å². The fraction of sp³-hybridized carbons (Fsp3) is 0.793. The monoisotopic (exact) mass is 582 g/mol. The van der Waals surface area contributed by atoms with Gasteiger partial charge in [0, 0.05) is 12.7 Å². The normalized spacial score (nSPS) is 41.8. The molecular weight excluding hydrogens is 536 g/mol. The van der Waals surface area contributed by atoms with Gasteiger partial charge in [0.1, 0.15) is 42.7 Å². The van der Waals surface area contributed by atoms with Crippen LogP contribution in [-0.2, 0) is 42.3 Å². The van der Waals surface area contributed by atoms with E-state index < -0.39 is 81.8 Å². The molecule has 0 bridgehead atoms. The number of hydrogen-bond donors (Lipinski definition) is 1. The van der Waals surface area contributed by atoms with Gasteiger partial charge < -0.3 is 47.4 Å². The van der Waals surface area contributed by atoms with Crippen LogP contribution in [0.5, 0.6) is 0 Å². The predicted octanol–water partition coefficient (Wildman–Crippen LogP) is 3.87. The predicted molar refractivity (Wildman–Crippen MR) is 147 cm³/mol. The minimum absolute atomic E-state index is 0.0877. The zero-order valence-corrected chi connectivity index (χ0v) is 26.1. The number of ether oxygens (including phenoxy) is 8. The van der Waals surface area contributed by atoms with E-state index in [1.165, 1.54) is 0 Å². The van der Waals surface area contributed by atoms with Gasteiger partial charge in [-0.2, -0.15) is 0 Å². The molecule has 0 unspecified atom stereocenters. The minimum Gasteiger partial charge on any atom is -0.408 e. The molecule has 0 aromatic heterocycles. The maximum absolute atomic E-state index is 11.8. The summed E-state index contributed by atoms with van der Waals surface area (Å²) < 4.78 is 56.2. The number of fused-ring (bicyclic) bond motifs is 2. The van der Waals surface area contributed by atoms with Crippen LogP contribution >= 0.6 is 0 Å². The smallest absolute Gasteiger partial charge is 0.192 e. The molecule has 4 aliphatic heterocycles. The third kappa shape index (κ3) is 5.93. The topological polar surface area (TPSA) is 103 Å². The fourth-order valence-electron chi connectivity index (χ4n) is 5.55. The van der Waals surface area contributed by atoms with E-state index >= 15 is 0 Å². The lowest BCUT2D eigenvalue weighted by molar-refractivity contribution is -0.377. The highest BCUT2D eigenvalue weighted by Crippen LogP contribution is 2.44. The van der Waals surface area contributed by atoms with E-state index in [0.717, 1.165) is 5.56 Å². The molecule has 1 aromatic carbocycles. The summed E-state index contributed by atoms with van der Waals surface area (Å²) in [6.07, 6.45) is -7.12. The van der Waals surface area contributed by atoms with Crippen LogP contribution in [0, 0.1) is 0 Å². The van der Waals surface area contributed by atoms with E-state index in [-0.39, 0.29) is 11.6 Å². The van der Waals surface area contributed by atoms with Crippen LogP contribution in [0.1, 0.15) is 53.4 Å². The molecule has 1 aromatic rings. The van der Waals surface area contributed by atoms with E-state index in [2.05, 4.69) is 33.9 Å². The van der Waals surface area contributed by atoms with Crippen LogP contribution in [-0.4, -0.2) is 94.3 Å². The van der Waals surface area contributed by atoms with E-state index in [1.807, 2.05) is 51.1 Å². The molecule has 11 heteroatoms. The highest BCUT2D eigenvalue weighted by atomic mass is 28.4. The first-order valence-electron chi connectivity index (χ1n) is 14.2. The molecule has 4 saturated heterocycles. The number of methoxy groups -OCH3 is 1. The second kappa shape index (κ2) is 11.3. The largest absolute Gasteiger partial charge is 0.408 e. The summed E-state index contributed by atoms with van der Waals surface area (Å²) in [5.74, 6) is -0.843. The zero-order valence-electron chi connectivity index (χ0n) is 25.1. The van der Waals surface area contributed by atoms with Gasteiger partial charge in [0.2, 0.25) is 0 Å². The molecule has 4 aliphatic rings. The van der Waals surface area contributed by atoms with Crippen molar-refractivity contribution in [3.63, 3.8) is 0 Å². The molecule has 10 nitrogen and oxygen atoms in total. The summed E-state index contributed by atoms with van der Waals surface area (Å²) in [4.78, 5) is 0. The van der Waals surface area contributed by atoms with Gasteiger partial charge in [-0.3, -0.25) is 0 Å². The lowest BCUT2D eigenvalue weighted by Crippen LogP contribution is -2.67. The Hall–Kier alpha value is -0.963. The van der Waals surface area contributed by atoms with Crippen LogP contribution in [0.15, 0.2) is 30.3 Å². The van der Waals surface area contributed by atoms with Crippen LogP contribution in [0.3, 0.4) is 0 Å². The number of rotatable bonds is 6. The first kappa shape index (κ1) is 30.5. The van der Waals surface area contributed by atoms with Crippen molar-refractivity contribution in [2.24, 2.45) is 0 Å². The van der Waals surface area contributed by atoms with Crippen molar-refractivity contribution in [2.75, 3.05) is 13.7 Å². The molecule has 0 spiro atoms. The van der Waals surface area contributed by atoms with Crippen molar-refractivity contribution in [1.29, 1.82) is 0 Å². The Labute approximate surface area is 238 Å².